The number of aryl methyl sites for hydroxylation is 1. The summed E-state index contributed by atoms with van der Waals surface area (Å²) in [4.78, 5) is 17.1. The van der Waals surface area contributed by atoms with Gasteiger partial charge in [-0.25, -0.2) is 4.98 Å². The Kier molecular flexibility index (Phi) is 3.81. The smallest absolute Gasteiger partial charge is 0.261 e. The molecule has 3 rings (SSSR count). The van der Waals surface area contributed by atoms with Crippen LogP contribution in [0.3, 0.4) is 0 Å². The first-order valence-corrected chi connectivity index (χ1v) is 7.64. The van der Waals surface area contributed by atoms with Gasteiger partial charge in [-0.15, -0.1) is 0 Å². The fraction of sp³-hybridized carbons (Fsp3) is 0.529. The van der Waals surface area contributed by atoms with Crippen molar-refractivity contribution in [1.82, 2.24) is 9.55 Å². The van der Waals surface area contributed by atoms with Crippen molar-refractivity contribution < 1.29 is 4.74 Å². The van der Waals surface area contributed by atoms with Gasteiger partial charge in [-0.2, -0.15) is 0 Å². The second-order valence-electron chi connectivity index (χ2n) is 6.17. The maximum absolute atomic E-state index is 12.7. The Hall–Kier alpha value is -1.68. The Morgan fingerprint density at radius 2 is 2.19 bits per heavy atom. The first kappa shape index (κ1) is 14.3. The monoisotopic (exact) mass is 286 g/mol. The molecule has 21 heavy (non-hydrogen) atoms. The summed E-state index contributed by atoms with van der Waals surface area (Å²) in [5.74, 6) is 0. The first-order chi connectivity index (χ1) is 10.2. The largest absolute Gasteiger partial charge is 0.384 e. The maximum atomic E-state index is 12.7. The minimum absolute atomic E-state index is 0.0673. The lowest BCUT2D eigenvalue weighted by Gasteiger charge is -2.41. The standard InChI is InChI=1S/C17H22N2O2/c1-3-13-5-6-15-14(9-13)16(20)19(12-18-15)10-17(11-21-2)7-4-8-17/h5-6,9,12H,3-4,7-8,10-11H2,1-2H3. The van der Waals surface area contributed by atoms with Gasteiger partial charge >= 0.3 is 0 Å². The molecule has 0 unspecified atom stereocenters. The van der Waals surface area contributed by atoms with E-state index >= 15 is 0 Å². The minimum Gasteiger partial charge on any atom is -0.384 e. The van der Waals surface area contributed by atoms with Crippen molar-refractivity contribution >= 4 is 10.9 Å². The molecule has 112 valence electrons. The van der Waals surface area contributed by atoms with Gasteiger partial charge in [0.25, 0.3) is 5.56 Å². The van der Waals surface area contributed by atoms with Gasteiger partial charge in [-0.05, 0) is 37.0 Å². The summed E-state index contributed by atoms with van der Waals surface area (Å²) in [6.07, 6.45) is 6.09. The molecule has 0 aliphatic heterocycles. The van der Waals surface area contributed by atoms with E-state index in [9.17, 15) is 4.79 Å². The summed E-state index contributed by atoms with van der Waals surface area (Å²) in [5.41, 5.74) is 2.14. The fourth-order valence-corrected chi connectivity index (χ4v) is 3.23. The van der Waals surface area contributed by atoms with E-state index in [1.807, 2.05) is 18.2 Å². The van der Waals surface area contributed by atoms with Gasteiger partial charge in [0.05, 0.1) is 23.8 Å². The van der Waals surface area contributed by atoms with Crippen molar-refractivity contribution in [2.75, 3.05) is 13.7 Å². The molecule has 0 atom stereocenters. The first-order valence-electron chi connectivity index (χ1n) is 7.64. The van der Waals surface area contributed by atoms with Crippen LogP contribution in [0.25, 0.3) is 10.9 Å². The van der Waals surface area contributed by atoms with Gasteiger partial charge in [-0.3, -0.25) is 9.36 Å². The molecule has 0 spiro atoms. The summed E-state index contributed by atoms with van der Waals surface area (Å²) in [7, 11) is 1.73. The van der Waals surface area contributed by atoms with Crippen molar-refractivity contribution in [3.05, 3.63) is 40.4 Å². The Morgan fingerprint density at radius 1 is 1.38 bits per heavy atom. The molecule has 1 heterocycles. The number of benzene rings is 1. The molecule has 4 nitrogen and oxygen atoms in total. The van der Waals surface area contributed by atoms with E-state index in [-0.39, 0.29) is 11.0 Å². The predicted octanol–water partition coefficient (Wildman–Crippen LogP) is 2.78. The SMILES string of the molecule is CCc1ccc2ncn(CC3(COC)CCC3)c(=O)c2c1. The molecule has 0 amide bonds. The van der Waals surface area contributed by atoms with Crippen LogP contribution in [0.5, 0.6) is 0 Å². The maximum Gasteiger partial charge on any atom is 0.261 e. The molecule has 1 aliphatic rings. The van der Waals surface area contributed by atoms with E-state index in [0.29, 0.717) is 13.2 Å². The predicted molar refractivity (Wildman–Crippen MR) is 83.5 cm³/mol. The van der Waals surface area contributed by atoms with Gasteiger partial charge in [0.15, 0.2) is 0 Å². The van der Waals surface area contributed by atoms with Crippen LogP contribution in [-0.2, 0) is 17.7 Å². The zero-order valence-electron chi connectivity index (χ0n) is 12.8. The third-order valence-corrected chi connectivity index (χ3v) is 4.67. The topological polar surface area (TPSA) is 44.1 Å². The van der Waals surface area contributed by atoms with Gasteiger partial charge in [0.1, 0.15) is 0 Å². The quantitative estimate of drug-likeness (QED) is 0.849. The van der Waals surface area contributed by atoms with E-state index in [1.165, 1.54) is 12.0 Å². The summed E-state index contributed by atoms with van der Waals surface area (Å²) in [5, 5.41) is 0.726. The van der Waals surface area contributed by atoms with Gasteiger partial charge in [0.2, 0.25) is 0 Å². The van der Waals surface area contributed by atoms with Crippen LogP contribution >= 0.6 is 0 Å². The average Bonchev–Trinajstić information content (AvgIpc) is 2.47. The molecule has 1 aromatic carbocycles. The van der Waals surface area contributed by atoms with E-state index in [2.05, 4.69) is 11.9 Å². The molecule has 1 aliphatic carbocycles. The Morgan fingerprint density at radius 3 is 2.81 bits per heavy atom. The number of hydrogen-bond donors (Lipinski definition) is 0. The second-order valence-corrected chi connectivity index (χ2v) is 6.17. The lowest BCUT2D eigenvalue weighted by Crippen LogP contribution is -2.41. The van der Waals surface area contributed by atoms with Gasteiger partial charge in [-0.1, -0.05) is 19.4 Å². The zero-order chi connectivity index (χ0) is 14.9. The lowest BCUT2D eigenvalue weighted by molar-refractivity contribution is 0.00254. The van der Waals surface area contributed by atoms with Crippen LogP contribution in [-0.4, -0.2) is 23.3 Å². The lowest BCUT2D eigenvalue weighted by atomic mass is 9.69. The van der Waals surface area contributed by atoms with Crippen molar-refractivity contribution in [3.8, 4) is 0 Å². The van der Waals surface area contributed by atoms with Crippen molar-refractivity contribution in [1.29, 1.82) is 0 Å². The van der Waals surface area contributed by atoms with Gasteiger partial charge < -0.3 is 4.74 Å². The van der Waals surface area contributed by atoms with Crippen LogP contribution in [0.1, 0.15) is 31.7 Å². The van der Waals surface area contributed by atoms with Crippen LogP contribution in [0.2, 0.25) is 0 Å². The van der Waals surface area contributed by atoms with Crippen molar-refractivity contribution in [2.45, 2.75) is 39.2 Å². The van der Waals surface area contributed by atoms with Crippen LogP contribution < -0.4 is 5.56 Å². The summed E-state index contributed by atoms with van der Waals surface area (Å²) >= 11 is 0. The number of ether oxygens (including phenoxy) is 1. The molecule has 1 saturated carbocycles. The number of nitrogens with zero attached hydrogens (tertiary/aromatic N) is 2. The second kappa shape index (κ2) is 5.60. The average molecular weight is 286 g/mol. The Labute approximate surface area is 124 Å². The molecule has 2 aromatic rings. The molecule has 0 N–H and O–H groups in total. The molecule has 0 saturated heterocycles. The van der Waals surface area contributed by atoms with Crippen LogP contribution in [0, 0.1) is 5.41 Å². The van der Waals surface area contributed by atoms with Crippen molar-refractivity contribution in [3.63, 3.8) is 0 Å². The number of rotatable bonds is 5. The Bertz CT molecular complexity index is 701. The molecule has 1 aromatic heterocycles. The molecule has 1 fully saturated rings. The number of aromatic nitrogens is 2. The summed E-state index contributed by atoms with van der Waals surface area (Å²) in [6.45, 7) is 3.52. The summed E-state index contributed by atoms with van der Waals surface area (Å²) in [6, 6.07) is 5.95. The number of hydrogen-bond acceptors (Lipinski definition) is 3. The molecule has 0 bridgehead atoms. The molecule has 0 radical (unpaired) electrons. The minimum atomic E-state index is 0.0673. The van der Waals surface area contributed by atoms with E-state index in [4.69, 9.17) is 4.74 Å². The van der Waals surface area contributed by atoms with Crippen LogP contribution in [0.15, 0.2) is 29.3 Å². The fourth-order valence-electron chi connectivity index (χ4n) is 3.23. The molecular weight excluding hydrogens is 264 g/mol. The van der Waals surface area contributed by atoms with E-state index < -0.39 is 0 Å². The molecular formula is C17H22N2O2. The van der Waals surface area contributed by atoms with E-state index in [1.54, 1.807) is 18.0 Å². The van der Waals surface area contributed by atoms with Gasteiger partial charge in [0, 0.05) is 19.1 Å². The summed E-state index contributed by atoms with van der Waals surface area (Å²) < 4.78 is 7.11. The molecule has 4 heteroatoms. The van der Waals surface area contributed by atoms with E-state index in [0.717, 1.165) is 30.2 Å². The highest BCUT2D eigenvalue weighted by atomic mass is 16.5. The zero-order valence-corrected chi connectivity index (χ0v) is 12.8. The highest BCUT2D eigenvalue weighted by Gasteiger charge is 2.37. The normalized spacial score (nSPS) is 16.9. The Balaban J connectivity index is 1.99. The third-order valence-electron chi connectivity index (χ3n) is 4.67. The highest BCUT2D eigenvalue weighted by Crippen LogP contribution is 2.42. The van der Waals surface area contributed by atoms with Crippen molar-refractivity contribution in [2.24, 2.45) is 5.41 Å². The number of methoxy groups -OCH3 is 1. The van der Waals surface area contributed by atoms with Crippen LogP contribution in [0.4, 0.5) is 0 Å². The highest BCUT2D eigenvalue weighted by molar-refractivity contribution is 5.78. The number of fused-ring (bicyclic) bond motifs is 1. The third kappa shape index (κ3) is 2.60.